The minimum absolute atomic E-state index is 0.122. The molecule has 0 saturated carbocycles. The number of anilines is 1. The maximum atomic E-state index is 13.9. The zero-order valence-corrected chi connectivity index (χ0v) is 14.7. The first kappa shape index (κ1) is 18.9. The summed E-state index contributed by atoms with van der Waals surface area (Å²) in [5.41, 5.74) is 0.729. The third-order valence-electron chi connectivity index (χ3n) is 4.39. The minimum atomic E-state index is -3.02. The van der Waals surface area contributed by atoms with Gasteiger partial charge in [0.05, 0.1) is 12.8 Å². The number of piperazine rings is 1. The summed E-state index contributed by atoms with van der Waals surface area (Å²) in [6.45, 7) is -1.28. The van der Waals surface area contributed by atoms with Crippen LogP contribution in [0.1, 0.15) is 10.4 Å². The quantitative estimate of drug-likeness (QED) is 0.798. The molecule has 1 heterocycles. The molecule has 3 rings (SSSR count). The molecule has 2 aromatic rings. The molecule has 1 fully saturated rings. The van der Waals surface area contributed by atoms with Gasteiger partial charge in [0.25, 0.3) is 5.91 Å². The van der Waals surface area contributed by atoms with E-state index in [-0.39, 0.29) is 28.8 Å². The lowest BCUT2D eigenvalue weighted by atomic mass is 10.1. The summed E-state index contributed by atoms with van der Waals surface area (Å²) in [5.74, 6) is -0.675. The highest BCUT2D eigenvalue weighted by Gasteiger charge is 2.24. The predicted octanol–water partition coefficient (Wildman–Crippen LogP) is 3.40. The van der Waals surface area contributed by atoms with Gasteiger partial charge in [0, 0.05) is 31.7 Å². The fourth-order valence-electron chi connectivity index (χ4n) is 3.04. The molecule has 0 spiro atoms. The van der Waals surface area contributed by atoms with Gasteiger partial charge >= 0.3 is 6.61 Å². The Balaban J connectivity index is 1.70. The highest BCUT2D eigenvalue weighted by atomic mass is 19.3. The molecule has 5 nitrogen and oxygen atoms in total. The number of para-hydroxylation sites is 1. The SMILES string of the molecule is COc1ccc(C(=O)N2CCN(c3ccccc3F)CC2)cc1OC(F)F. The van der Waals surface area contributed by atoms with Gasteiger partial charge in [-0.3, -0.25) is 4.79 Å². The van der Waals surface area contributed by atoms with E-state index >= 15 is 0 Å². The Hall–Kier alpha value is -2.90. The van der Waals surface area contributed by atoms with Crippen LogP contribution >= 0.6 is 0 Å². The highest BCUT2D eigenvalue weighted by Crippen LogP contribution is 2.30. The molecule has 0 N–H and O–H groups in total. The standard InChI is InChI=1S/C19H19F3N2O3/c1-26-16-7-6-13(12-17(16)27-19(21)22)18(25)24-10-8-23(9-11-24)15-5-3-2-4-14(15)20/h2-7,12,19H,8-11H2,1H3. The molecular weight excluding hydrogens is 361 g/mol. The Kier molecular flexibility index (Phi) is 5.73. The average molecular weight is 380 g/mol. The number of nitrogens with zero attached hydrogens (tertiary/aromatic N) is 2. The second-order valence-electron chi connectivity index (χ2n) is 5.97. The fraction of sp³-hybridized carbons (Fsp3) is 0.316. The number of carbonyl (C=O) groups is 1. The summed E-state index contributed by atoms with van der Waals surface area (Å²) in [4.78, 5) is 16.2. The van der Waals surface area contributed by atoms with Crippen molar-refractivity contribution in [2.45, 2.75) is 6.61 Å². The zero-order chi connectivity index (χ0) is 19.4. The van der Waals surface area contributed by atoms with Crippen LogP contribution in [0, 0.1) is 5.82 Å². The fourth-order valence-corrected chi connectivity index (χ4v) is 3.04. The first-order valence-electron chi connectivity index (χ1n) is 8.41. The summed E-state index contributed by atoms with van der Waals surface area (Å²) >= 11 is 0. The van der Waals surface area contributed by atoms with Crippen molar-refractivity contribution in [3.05, 3.63) is 53.8 Å². The monoisotopic (exact) mass is 380 g/mol. The van der Waals surface area contributed by atoms with Gasteiger partial charge in [0.15, 0.2) is 11.5 Å². The Labute approximate surface area is 154 Å². The summed E-state index contributed by atoms with van der Waals surface area (Å²) in [5, 5.41) is 0. The van der Waals surface area contributed by atoms with Crippen LogP contribution in [0.25, 0.3) is 0 Å². The average Bonchev–Trinajstić information content (AvgIpc) is 2.67. The van der Waals surface area contributed by atoms with Crippen LogP contribution < -0.4 is 14.4 Å². The van der Waals surface area contributed by atoms with E-state index in [1.54, 1.807) is 23.1 Å². The van der Waals surface area contributed by atoms with Crippen molar-refractivity contribution in [2.75, 3.05) is 38.2 Å². The molecule has 0 bridgehead atoms. The third kappa shape index (κ3) is 4.27. The molecule has 1 saturated heterocycles. The van der Waals surface area contributed by atoms with E-state index in [0.717, 1.165) is 0 Å². The molecule has 0 aliphatic carbocycles. The van der Waals surface area contributed by atoms with Crippen LogP contribution in [-0.4, -0.2) is 50.7 Å². The number of benzene rings is 2. The van der Waals surface area contributed by atoms with Crippen LogP contribution in [0.4, 0.5) is 18.9 Å². The van der Waals surface area contributed by atoms with Gasteiger partial charge in [-0.15, -0.1) is 0 Å². The molecule has 1 amide bonds. The molecule has 8 heteroatoms. The molecule has 1 aliphatic heterocycles. The number of amides is 1. The topological polar surface area (TPSA) is 42.0 Å². The lowest BCUT2D eigenvalue weighted by Crippen LogP contribution is -2.49. The number of carbonyl (C=O) groups excluding carboxylic acids is 1. The van der Waals surface area contributed by atoms with Crippen molar-refractivity contribution in [2.24, 2.45) is 0 Å². The van der Waals surface area contributed by atoms with E-state index in [9.17, 15) is 18.0 Å². The number of rotatable bonds is 5. The minimum Gasteiger partial charge on any atom is -0.493 e. The van der Waals surface area contributed by atoms with Crippen LogP contribution in [-0.2, 0) is 0 Å². The largest absolute Gasteiger partial charge is 0.493 e. The number of halogens is 3. The van der Waals surface area contributed by atoms with Gasteiger partial charge in [-0.2, -0.15) is 8.78 Å². The second kappa shape index (κ2) is 8.20. The first-order valence-corrected chi connectivity index (χ1v) is 8.41. The van der Waals surface area contributed by atoms with Gasteiger partial charge in [-0.1, -0.05) is 12.1 Å². The normalized spacial score (nSPS) is 14.4. The Morgan fingerprint density at radius 1 is 1.04 bits per heavy atom. The second-order valence-corrected chi connectivity index (χ2v) is 5.97. The molecule has 2 aromatic carbocycles. The predicted molar refractivity (Wildman–Crippen MR) is 94.1 cm³/mol. The Morgan fingerprint density at radius 3 is 2.37 bits per heavy atom. The third-order valence-corrected chi connectivity index (χ3v) is 4.39. The summed E-state index contributed by atoms with van der Waals surface area (Å²) in [6, 6.07) is 10.7. The number of hydrogen-bond donors (Lipinski definition) is 0. The lowest BCUT2D eigenvalue weighted by Gasteiger charge is -2.36. The van der Waals surface area contributed by atoms with E-state index in [1.807, 2.05) is 4.90 Å². The van der Waals surface area contributed by atoms with Crippen molar-refractivity contribution in [3.63, 3.8) is 0 Å². The van der Waals surface area contributed by atoms with Crippen LogP contribution in [0.2, 0.25) is 0 Å². The first-order chi connectivity index (χ1) is 13.0. The van der Waals surface area contributed by atoms with Crippen molar-refractivity contribution in [1.82, 2.24) is 4.90 Å². The van der Waals surface area contributed by atoms with Crippen molar-refractivity contribution in [3.8, 4) is 11.5 Å². The lowest BCUT2D eigenvalue weighted by molar-refractivity contribution is -0.0512. The van der Waals surface area contributed by atoms with E-state index in [2.05, 4.69) is 4.74 Å². The van der Waals surface area contributed by atoms with Crippen LogP contribution in [0.3, 0.4) is 0 Å². The van der Waals surface area contributed by atoms with Crippen LogP contribution in [0.5, 0.6) is 11.5 Å². The number of ether oxygens (including phenoxy) is 2. The van der Waals surface area contributed by atoms with Crippen LogP contribution in [0.15, 0.2) is 42.5 Å². The maximum Gasteiger partial charge on any atom is 0.387 e. The van der Waals surface area contributed by atoms with Crippen molar-refractivity contribution >= 4 is 11.6 Å². The smallest absolute Gasteiger partial charge is 0.387 e. The molecular formula is C19H19F3N2O3. The van der Waals surface area contributed by atoms with E-state index in [4.69, 9.17) is 4.74 Å². The van der Waals surface area contributed by atoms with E-state index < -0.39 is 6.61 Å². The molecule has 27 heavy (non-hydrogen) atoms. The number of methoxy groups -OCH3 is 1. The molecule has 0 radical (unpaired) electrons. The molecule has 144 valence electrons. The van der Waals surface area contributed by atoms with E-state index in [0.29, 0.717) is 31.9 Å². The summed E-state index contributed by atoms with van der Waals surface area (Å²) in [6.07, 6.45) is 0. The van der Waals surface area contributed by atoms with Gasteiger partial charge in [-0.05, 0) is 30.3 Å². The van der Waals surface area contributed by atoms with Gasteiger partial charge < -0.3 is 19.3 Å². The van der Waals surface area contributed by atoms with Gasteiger partial charge in [0.1, 0.15) is 5.82 Å². The molecule has 0 atom stereocenters. The number of hydrogen-bond acceptors (Lipinski definition) is 4. The zero-order valence-electron chi connectivity index (χ0n) is 14.7. The van der Waals surface area contributed by atoms with Gasteiger partial charge in [0.2, 0.25) is 0 Å². The van der Waals surface area contributed by atoms with Crippen molar-refractivity contribution in [1.29, 1.82) is 0 Å². The van der Waals surface area contributed by atoms with E-state index in [1.165, 1.54) is 31.4 Å². The highest BCUT2D eigenvalue weighted by molar-refractivity contribution is 5.95. The van der Waals surface area contributed by atoms with Crippen molar-refractivity contribution < 1.29 is 27.4 Å². The summed E-state index contributed by atoms with van der Waals surface area (Å²) in [7, 11) is 1.33. The Morgan fingerprint density at radius 2 is 1.74 bits per heavy atom. The summed E-state index contributed by atoms with van der Waals surface area (Å²) < 4.78 is 48.4. The maximum absolute atomic E-state index is 13.9. The number of alkyl halides is 2. The molecule has 1 aliphatic rings. The Bertz CT molecular complexity index is 809. The molecule has 0 aromatic heterocycles. The van der Waals surface area contributed by atoms with Gasteiger partial charge in [-0.25, -0.2) is 4.39 Å². The molecule has 0 unspecified atom stereocenters.